The molecule has 0 fully saturated rings. The molecule has 1 aliphatic heterocycles. The Hall–Kier alpha value is -0.940. The van der Waals surface area contributed by atoms with E-state index in [9.17, 15) is 0 Å². The summed E-state index contributed by atoms with van der Waals surface area (Å²) < 4.78 is 4.31. The Morgan fingerprint density at radius 1 is 1.47 bits per heavy atom. The van der Waals surface area contributed by atoms with Gasteiger partial charge < -0.3 is 10.6 Å². The average Bonchev–Trinajstić information content (AvgIpc) is 2.79. The standard InChI is InChI=1S/C12H20N4S/c1-2-3-11-15-12(17-16-11)14-9-6-10-4-7-13-8-5-10/h4,13H,2-3,5-9H2,1H3,(H,14,15,16). The van der Waals surface area contributed by atoms with Gasteiger partial charge in [-0.3, -0.25) is 0 Å². The van der Waals surface area contributed by atoms with Crippen molar-refractivity contribution in [1.82, 2.24) is 14.7 Å². The van der Waals surface area contributed by atoms with E-state index < -0.39 is 0 Å². The van der Waals surface area contributed by atoms with Gasteiger partial charge in [-0.05, 0) is 25.8 Å². The minimum absolute atomic E-state index is 0.961. The maximum atomic E-state index is 4.45. The van der Waals surface area contributed by atoms with Gasteiger partial charge in [0.05, 0.1) is 0 Å². The fraction of sp³-hybridized carbons (Fsp3) is 0.667. The van der Waals surface area contributed by atoms with E-state index in [1.54, 1.807) is 5.57 Å². The van der Waals surface area contributed by atoms with Crippen LogP contribution < -0.4 is 10.6 Å². The molecule has 1 aliphatic rings. The van der Waals surface area contributed by atoms with Gasteiger partial charge in [0.2, 0.25) is 5.13 Å². The summed E-state index contributed by atoms with van der Waals surface area (Å²) >= 11 is 1.47. The number of hydrogen-bond acceptors (Lipinski definition) is 5. The summed E-state index contributed by atoms with van der Waals surface area (Å²) in [4.78, 5) is 4.45. The molecule has 0 radical (unpaired) electrons. The van der Waals surface area contributed by atoms with Crippen LogP contribution in [0.1, 0.15) is 32.0 Å². The molecule has 4 nitrogen and oxygen atoms in total. The molecule has 1 aromatic rings. The van der Waals surface area contributed by atoms with Gasteiger partial charge in [0.1, 0.15) is 5.82 Å². The number of rotatable bonds is 6. The van der Waals surface area contributed by atoms with Crippen LogP contribution in [0, 0.1) is 0 Å². The van der Waals surface area contributed by atoms with Gasteiger partial charge in [-0.2, -0.15) is 4.37 Å². The van der Waals surface area contributed by atoms with Gasteiger partial charge in [0.15, 0.2) is 0 Å². The van der Waals surface area contributed by atoms with Crippen molar-refractivity contribution in [2.45, 2.75) is 32.6 Å². The Balaban J connectivity index is 1.71. The number of anilines is 1. The van der Waals surface area contributed by atoms with Crippen molar-refractivity contribution < 1.29 is 0 Å². The molecule has 17 heavy (non-hydrogen) atoms. The van der Waals surface area contributed by atoms with Crippen molar-refractivity contribution in [3.63, 3.8) is 0 Å². The second-order valence-corrected chi connectivity index (χ2v) is 5.01. The zero-order chi connectivity index (χ0) is 11.9. The molecule has 2 N–H and O–H groups in total. The smallest absolute Gasteiger partial charge is 0.202 e. The van der Waals surface area contributed by atoms with Gasteiger partial charge in [0.25, 0.3) is 0 Å². The first-order valence-electron chi connectivity index (χ1n) is 6.33. The summed E-state index contributed by atoms with van der Waals surface area (Å²) in [6.45, 7) is 5.25. The van der Waals surface area contributed by atoms with Crippen LogP contribution >= 0.6 is 11.5 Å². The Kier molecular flexibility index (Phi) is 4.94. The van der Waals surface area contributed by atoms with Crippen LogP contribution in [0.25, 0.3) is 0 Å². The molecule has 0 aromatic carbocycles. The Morgan fingerprint density at radius 2 is 2.41 bits per heavy atom. The molecule has 0 aliphatic carbocycles. The first-order chi connectivity index (χ1) is 8.38. The molecular weight excluding hydrogens is 232 g/mol. The van der Waals surface area contributed by atoms with Gasteiger partial charge in [-0.15, -0.1) is 0 Å². The first kappa shape index (κ1) is 12.5. The van der Waals surface area contributed by atoms with Gasteiger partial charge in [-0.1, -0.05) is 18.6 Å². The van der Waals surface area contributed by atoms with Crippen LogP contribution in [0.2, 0.25) is 0 Å². The van der Waals surface area contributed by atoms with Crippen LogP contribution in [0.5, 0.6) is 0 Å². The molecule has 2 heterocycles. The zero-order valence-electron chi connectivity index (χ0n) is 10.3. The predicted octanol–water partition coefficient (Wildman–Crippen LogP) is 2.21. The zero-order valence-corrected chi connectivity index (χ0v) is 11.1. The summed E-state index contributed by atoms with van der Waals surface area (Å²) in [5.74, 6) is 0.973. The summed E-state index contributed by atoms with van der Waals surface area (Å²) in [7, 11) is 0. The number of nitrogens with zero attached hydrogens (tertiary/aromatic N) is 2. The lowest BCUT2D eigenvalue weighted by atomic mass is 10.1. The highest BCUT2D eigenvalue weighted by atomic mass is 32.1. The highest BCUT2D eigenvalue weighted by Gasteiger charge is 2.04. The molecule has 94 valence electrons. The Morgan fingerprint density at radius 3 is 3.18 bits per heavy atom. The van der Waals surface area contributed by atoms with Crippen LogP contribution in [-0.4, -0.2) is 29.0 Å². The molecule has 0 spiro atoms. The maximum absolute atomic E-state index is 4.45. The van der Waals surface area contributed by atoms with Crippen molar-refractivity contribution in [3.8, 4) is 0 Å². The predicted molar refractivity (Wildman–Crippen MR) is 72.6 cm³/mol. The fourth-order valence-corrected chi connectivity index (χ4v) is 2.51. The van der Waals surface area contributed by atoms with Gasteiger partial charge in [0, 0.05) is 31.0 Å². The molecule has 0 saturated heterocycles. The van der Waals surface area contributed by atoms with Crippen LogP contribution in [0.4, 0.5) is 5.13 Å². The normalized spacial score (nSPS) is 15.7. The van der Waals surface area contributed by atoms with Crippen molar-refractivity contribution in [1.29, 1.82) is 0 Å². The van der Waals surface area contributed by atoms with E-state index >= 15 is 0 Å². The van der Waals surface area contributed by atoms with Crippen LogP contribution in [-0.2, 0) is 6.42 Å². The summed E-state index contributed by atoms with van der Waals surface area (Å²) in [6, 6.07) is 0. The first-order valence-corrected chi connectivity index (χ1v) is 7.11. The molecular formula is C12H20N4S. The molecule has 0 atom stereocenters. The lowest BCUT2D eigenvalue weighted by Crippen LogP contribution is -2.21. The second kappa shape index (κ2) is 6.71. The lowest BCUT2D eigenvalue weighted by molar-refractivity contribution is 0.683. The maximum Gasteiger partial charge on any atom is 0.202 e. The van der Waals surface area contributed by atoms with E-state index in [-0.39, 0.29) is 0 Å². The highest BCUT2D eigenvalue weighted by Crippen LogP contribution is 2.14. The average molecular weight is 252 g/mol. The molecule has 0 unspecified atom stereocenters. The minimum Gasteiger partial charge on any atom is -0.360 e. The largest absolute Gasteiger partial charge is 0.360 e. The Labute approximate surface area is 107 Å². The van der Waals surface area contributed by atoms with Crippen LogP contribution in [0.3, 0.4) is 0 Å². The van der Waals surface area contributed by atoms with E-state index in [1.807, 2.05) is 0 Å². The van der Waals surface area contributed by atoms with E-state index in [2.05, 4.69) is 33.0 Å². The molecule has 1 aromatic heterocycles. The van der Waals surface area contributed by atoms with Gasteiger partial charge >= 0.3 is 0 Å². The molecule has 2 rings (SSSR count). The topological polar surface area (TPSA) is 49.8 Å². The number of hydrogen-bond donors (Lipinski definition) is 2. The third-order valence-corrected chi connectivity index (χ3v) is 3.53. The molecule has 0 bridgehead atoms. The van der Waals surface area contributed by atoms with Crippen molar-refractivity contribution in [3.05, 3.63) is 17.5 Å². The lowest BCUT2D eigenvalue weighted by Gasteiger charge is -2.13. The monoisotopic (exact) mass is 252 g/mol. The molecule has 0 amide bonds. The third kappa shape index (κ3) is 4.09. The second-order valence-electron chi connectivity index (χ2n) is 4.26. The van der Waals surface area contributed by atoms with Crippen molar-refractivity contribution >= 4 is 16.7 Å². The summed E-state index contributed by atoms with van der Waals surface area (Å²) in [5.41, 5.74) is 1.55. The van der Waals surface area contributed by atoms with Crippen molar-refractivity contribution in [2.24, 2.45) is 0 Å². The number of aryl methyl sites for hydroxylation is 1. The third-order valence-electron chi connectivity index (χ3n) is 2.82. The van der Waals surface area contributed by atoms with E-state index in [0.29, 0.717) is 0 Å². The van der Waals surface area contributed by atoms with E-state index in [1.165, 1.54) is 18.0 Å². The fourth-order valence-electron chi connectivity index (χ4n) is 1.88. The van der Waals surface area contributed by atoms with E-state index in [4.69, 9.17) is 0 Å². The Bertz CT molecular complexity index is 372. The highest BCUT2D eigenvalue weighted by molar-refractivity contribution is 7.09. The minimum atomic E-state index is 0.961. The molecule has 0 saturated carbocycles. The SMILES string of the molecule is CCCc1nsc(NCCC2=CCNCC2)n1. The quantitative estimate of drug-likeness (QED) is 0.762. The van der Waals surface area contributed by atoms with Crippen molar-refractivity contribution in [2.75, 3.05) is 25.0 Å². The molecule has 5 heteroatoms. The van der Waals surface area contributed by atoms with Gasteiger partial charge in [-0.25, -0.2) is 4.98 Å². The van der Waals surface area contributed by atoms with E-state index in [0.717, 1.165) is 49.9 Å². The number of aromatic nitrogens is 2. The summed E-state index contributed by atoms with van der Waals surface area (Å²) in [6.07, 6.45) is 6.68. The number of nitrogens with one attached hydrogen (secondary N) is 2. The van der Waals surface area contributed by atoms with Crippen LogP contribution in [0.15, 0.2) is 11.6 Å². The summed E-state index contributed by atoms with van der Waals surface area (Å²) in [5, 5.41) is 7.64.